The summed E-state index contributed by atoms with van der Waals surface area (Å²) >= 11 is 0. The van der Waals surface area contributed by atoms with Gasteiger partial charge in [-0.25, -0.2) is 4.79 Å². The van der Waals surface area contributed by atoms with Crippen molar-refractivity contribution >= 4 is 6.09 Å². The number of carbonyl (C=O) groups is 1. The number of fused-ring (bicyclic) bond motifs is 2. The lowest BCUT2D eigenvalue weighted by molar-refractivity contribution is 0.0177. The third-order valence-corrected chi connectivity index (χ3v) is 3.68. The maximum Gasteiger partial charge on any atom is 0.410 e. The first-order chi connectivity index (χ1) is 7.85. The average Bonchev–Trinajstić information content (AvgIpc) is 2.54. The van der Waals surface area contributed by atoms with E-state index in [1.54, 1.807) is 4.90 Å². The fourth-order valence-corrected chi connectivity index (χ4v) is 2.83. The van der Waals surface area contributed by atoms with Crippen LogP contribution in [0.2, 0.25) is 0 Å². The van der Waals surface area contributed by atoms with Crippen LogP contribution in [0.1, 0.15) is 46.5 Å². The Labute approximate surface area is 104 Å². The predicted octanol–water partition coefficient (Wildman–Crippen LogP) is 2.14. The van der Waals surface area contributed by atoms with Crippen LogP contribution >= 0.6 is 0 Å². The zero-order valence-electron chi connectivity index (χ0n) is 11.3. The SMILES string of the molecule is CN(C(=O)OC(C)(C)C)C1CC2CCC(C1)N2. The van der Waals surface area contributed by atoms with E-state index in [9.17, 15) is 4.79 Å². The number of hydrogen-bond acceptors (Lipinski definition) is 3. The highest BCUT2D eigenvalue weighted by Crippen LogP contribution is 2.29. The molecule has 2 unspecified atom stereocenters. The molecular formula is C13H24N2O2. The van der Waals surface area contributed by atoms with E-state index in [0.717, 1.165) is 12.8 Å². The number of carbonyl (C=O) groups excluding carboxylic acids is 1. The molecule has 0 spiro atoms. The lowest BCUT2D eigenvalue weighted by atomic mass is 9.99. The second-order valence-electron chi connectivity index (χ2n) is 6.35. The van der Waals surface area contributed by atoms with E-state index >= 15 is 0 Å². The summed E-state index contributed by atoms with van der Waals surface area (Å²) in [6.07, 6.45) is 4.44. The van der Waals surface area contributed by atoms with Gasteiger partial charge in [-0.3, -0.25) is 0 Å². The molecule has 2 saturated heterocycles. The molecule has 4 nitrogen and oxygen atoms in total. The maximum absolute atomic E-state index is 12.0. The van der Waals surface area contributed by atoms with Crippen molar-refractivity contribution in [2.24, 2.45) is 0 Å². The van der Waals surface area contributed by atoms with Crippen molar-refractivity contribution in [3.8, 4) is 0 Å². The van der Waals surface area contributed by atoms with E-state index in [2.05, 4.69) is 5.32 Å². The van der Waals surface area contributed by atoms with Gasteiger partial charge in [-0.15, -0.1) is 0 Å². The van der Waals surface area contributed by atoms with Gasteiger partial charge in [0.15, 0.2) is 0 Å². The molecule has 2 aliphatic rings. The smallest absolute Gasteiger partial charge is 0.410 e. The molecule has 0 saturated carbocycles. The number of nitrogens with zero attached hydrogens (tertiary/aromatic N) is 1. The second kappa shape index (κ2) is 4.48. The summed E-state index contributed by atoms with van der Waals surface area (Å²) in [7, 11) is 1.86. The van der Waals surface area contributed by atoms with Crippen molar-refractivity contribution in [2.75, 3.05) is 7.05 Å². The van der Waals surface area contributed by atoms with Crippen LogP contribution in [0, 0.1) is 0 Å². The topological polar surface area (TPSA) is 41.6 Å². The molecule has 0 aromatic rings. The summed E-state index contributed by atoms with van der Waals surface area (Å²) in [6.45, 7) is 5.72. The van der Waals surface area contributed by atoms with Crippen LogP contribution in [0.15, 0.2) is 0 Å². The van der Waals surface area contributed by atoms with Gasteiger partial charge in [0.1, 0.15) is 5.60 Å². The van der Waals surface area contributed by atoms with Crippen molar-refractivity contribution in [3.63, 3.8) is 0 Å². The number of ether oxygens (including phenoxy) is 1. The number of nitrogens with one attached hydrogen (secondary N) is 1. The van der Waals surface area contributed by atoms with Gasteiger partial charge in [-0.2, -0.15) is 0 Å². The number of hydrogen-bond donors (Lipinski definition) is 1. The molecule has 2 heterocycles. The van der Waals surface area contributed by atoms with Crippen LogP contribution in [-0.4, -0.2) is 41.8 Å². The Morgan fingerprint density at radius 2 is 1.76 bits per heavy atom. The quantitative estimate of drug-likeness (QED) is 0.763. The zero-order valence-corrected chi connectivity index (χ0v) is 11.3. The summed E-state index contributed by atoms with van der Waals surface area (Å²) < 4.78 is 5.41. The minimum absolute atomic E-state index is 0.191. The molecule has 2 bridgehead atoms. The standard InChI is InChI=1S/C13H24N2O2/c1-13(2,3)17-12(16)15(4)11-7-9-5-6-10(8-11)14-9/h9-11,14H,5-8H2,1-4H3. The molecule has 2 rings (SSSR count). The van der Waals surface area contributed by atoms with Crippen molar-refractivity contribution in [2.45, 2.75) is 70.2 Å². The maximum atomic E-state index is 12.0. The summed E-state index contributed by atoms with van der Waals surface area (Å²) in [5, 5.41) is 3.58. The highest BCUT2D eigenvalue weighted by Gasteiger charge is 2.37. The average molecular weight is 240 g/mol. The van der Waals surface area contributed by atoms with E-state index in [1.807, 2.05) is 27.8 Å². The van der Waals surface area contributed by atoms with Crippen molar-refractivity contribution in [3.05, 3.63) is 0 Å². The summed E-state index contributed by atoms with van der Waals surface area (Å²) in [4.78, 5) is 13.8. The van der Waals surface area contributed by atoms with Gasteiger partial charge < -0.3 is 15.0 Å². The van der Waals surface area contributed by atoms with Crippen LogP contribution in [0.25, 0.3) is 0 Å². The third kappa shape index (κ3) is 3.12. The van der Waals surface area contributed by atoms with Crippen molar-refractivity contribution in [1.29, 1.82) is 0 Å². The Morgan fingerprint density at radius 3 is 2.24 bits per heavy atom. The first-order valence-corrected chi connectivity index (χ1v) is 6.57. The van der Waals surface area contributed by atoms with Crippen LogP contribution in [0.5, 0.6) is 0 Å². The molecule has 0 aliphatic carbocycles. The van der Waals surface area contributed by atoms with Crippen LogP contribution in [0.4, 0.5) is 4.79 Å². The molecule has 17 heavy (non-hydrogen) atoms. The van der Waals surface area contributed by atoms with E-state index in [1.165, 1.54) is 12.8 Å². The van der Waals surface area contributed by atoms with E-state index < -0.39 is 5.60 Å². The molecular weight excluding hydrogens is 216 g/mol. The fraction of sp³-hybridized carbons (Fsp3) is 0.923. The molecule has 98 valence electrons. The Hall–Kier alpha value is -0.770. The van der Waals surface area contributed by atoms with Crippen LogP contribution in [0.3, 0.4) is 0 Å². The normalized spacial score (nSPS) is 32.4. The summed E-state index contributed by atoms with van der Waals surface area (Å²) in [6, 6.07) is 1.54. The Morgan fingerprint density at radius 1 is 1.24 bits per heavy atom. The van der Waals surface area contributed by atoms with Crippen molar-refractivity contribution in [1.82, 2.24) is 10.2 Å². The molecule has 0 radical (unpaired) electrons. The molecule has 2 atom stereocenters. The summed E-state index contributed by atoms with van der Waals surface area (Å²) in [5.74, 6) is 0. The number of amides is 1. The molecule has 2 fully saturated rings. The third-order valence-electron chi connectivity index (χ3n) is 3.68. The highest BCUT2D eigenvalue weighted by molar-refractivity contribution is 5.68. The minimum atomic E-state index is -0.406. The van der Waals surface area contributed by atoms with Gasteiger partial charge in [-0.1, -0.05) is 0 Å². The van der Waals surface area contributed by atoms with Crippen LogP contribution < -0.4 is 5.32 Å². The Balaban J connectivity index is 1.91. The highest BCUT2D eigenvalue weighted by atomic mass is 16.6. The van der Waals surface area contributed by atoms with Gasteiger partial charge in [-0.05, 0) is 46.5 Å². The predicted molar refractivity (Wildman–Crippen MR) is 67.0 cm³/mol. The minimum Gasteiger partial charge on any atom is -0.444 e. The first-order valence-electron chi connectivity index (χ1n) is 6.57. The van der Waals surface area contributed by atoms with Gasteiger partial charge >= 0.3 is 6.09 Å². The number of rotatable bonds is 1. The molecule has 0 aromatic heterocycles. The van der Waals surface area contributed by atoms with E-state index in [4.69, 9.17) is 4.74 Å². The fourth-order valence-electron chi connectivity index (χ4n) is 2.83. The van der Waals surface area contributed by atoms with Crippen molar-refractivity contribution < 1.29 is 9.53 Å². The number of piperidine rings is 1. The largest absolute Gasteiger partial charge is 0.444 e. The van der Waals surface area contributed by atoms with Gasteiger partial charge in [0, 0.05) is 25.2 Å². The van der Waals surface area contributed by atoms with Gasteiger partial charge in [0.05, 0.1) is 0 Å². The second-order valence-corrected chi connectivity index (χ2v) is 6.35. The van der Waals surface area contributed by atoms with Gasteiger partial charge in [0.25, 0.3) is 0 Å². The van der Waals surface area contributed by atoms with Crippen LogP contribution in [-0.2, 0) is 4.74 Å². The molecule has 1 N–H and O–H groups in total. The Kier molecular flexibility index (Phi) is 3.34. The lowest BCUT2D eigenvalue weighted by Gasteiger charge is -2.36. The van der Waals surface area contributed by atoms with E-state index in [0.29, 0.717) is 18.1 Å². The van der Waals surface area contributed by atoms with E-state index in [-0.39, 0.29) is 6.09 Å². The Bertz CT molecular complexity index is 286. The monoisotopic (exact) mass is 240 g/mol. The zero-order chi connectivity index (χ0) is 12.6. The molecule has 0 aromatic carbocycles. The first kappa shape index (κ1) is 12.7. The molecule has 2 aliphatic heterocycles. The lowest BCUT2D eigenvalue weighted by Crippen LogP contribution is -2.49. The molecule has 4 heteroatoms. The van der Waals surface area contributed by atoms with Gasteiger partial charge in [0.2, 0.25) is 0 Å². The summed E-state index contributed by atoms with van der Waals surface area (Å²) in [5.41, 5.74) is -0.406. The molecule has 1 amide bonds.